The van der Waals surface area contributed by atoms with Gasteiger partial charge in [-0.2, -0.15) is 0 Å². The summed E-state index contributed by atoms with van der Waals surface area (Å²) in [5.74, 6) is 0.855. The third kappa shape index (κ3) is 4.86. The van der Waals surface area contributed by atoms with Crippen LogP contribution in [0.4, 0.5) is 5.69 Å². The molecule has 0 spiro atoms. The molecule has 0 saturated carbocycles. The Morgan fingerprint density at radius 2 is 2.16 bits per heavy atom. The van der Waals surface area contributed by atoms with E-state index < -0.39 is 0 Å². The highest BCUT2D eigenvalue weighted by Crippen LogP contribution is 2.22. The highest BCUT2D eigenvalue weighted by Gasteiger charge is 1.99. The van der Waals surface area contributed by atoms with Gasteiger partial charge < -0.3 is 14.8 Å². The van der Waals surface area contributed by atoms with Crippen LogP contribution in [0.1, 0.15) is 5.56 Å². The topological polar surface area (TPSA) is 30.5 Å². The first-order valence-corrected chi connectivity index (χ1v) is 7.64. The van der Waals surface area contributed by atoms with Crippen LogP contribution < -0.4 is 10.1 Å². The average Bonchev–Trinajstić information content (AvgIpc) is 2.83. The summed E-state index contributed by atoms with van der Waals surface area (Å²) in [6.45, 7) is 1.97. The van der Waals surface area contributed by atoms with Crippen molar-refractivity contribution in [1.82, 2.24) is 0 Å². The van der Waals surface area contributed by atoms with Crippen molar-refractivity contribution in [2.45, 2.75) is 6.54 Å². The van der Waals surface area contributed by atoms with Gasteiger partial charge >= 0.3 is 0 Å². The van der Waals surface area contributed by atoms with Crippen LogP contribution in [0, 0.1) is 0 Å². The van der Waals surface area contributed by atoms with E-state index in [1.54, 1.807) is 18.4 Å². The van der Waals surface area contributed by atoms with Gasteiger partial charge in [0.1, 0.15) is 12.4 Å². The zero-order chi connectivity index (χ0) is 13.5. The predicted molar refractivity (Wildman–Crippen MR) is 83.2 cm³/mol. The summed E-state index contributed by atoms with van der Waals surface area (Å²) >= 11 is 5.16. The summed E-state index contributed by atoms with van der Waals surface area (Å²) in [5, 5.41) is 5.51. The van der Waals surface area contributed by atoms with Gasteiger partial charge in [0, 0.05) is 25.4 Å². The van der Waals surface area contributed by atoms with Gasteiger partial charge in [-0.3, -0.25) is 0 Å². The highest BCUT2D eigenvalue weighted by molar-refractivity contribution is 9.11. The molecular weight excluding hydrogens is 326 g/mol. The molecule has 2 rings (SSSR count). The number of hydrogen-bond acceptors (Lipinski definition) is 4. The lowest BCUT2D eigenvalue weighted by Crippen LogP contribution is -2.04. The second-order valence-corrected chi connectivity index (χ2v) is 6.27. The maximum absolute atomic E-state index is 5.57. The van der Waals surface area contributed by atoms with Crippen LogP contribution in [0.2, 0.25) is 0 Å². The maximum Gasteiger partial charge on any atom is 0.121 e. The van der Waals surface area contributed by atoms with Crippen LogP contribution in [0.3, 0.4) is 0 Å². The molecule has 0 aliphatic carbocycles. The number of rotatable bonds is 7. The molecule has 0 atom stereocenters. The molecule has 3 nitrogen and oxygen atoms in total. The van der Waals surface area contributed by atoms with Crippen molar-refractivity contribution >= 4 is 33.0 Å². The van der Waals surface area contributed by atoms with Gasteiger partial charge in [-0.1, -0.05) is 6.07 Å². The van der Waals surface area contributed by atoms with Gasteiger partial charge in [0.2, 0.25) is 0 Å². The predicted octanol–water partition coefficient (Wildman–Crippen LogP) is 4.15. The quantitative estimate of drug-likeness (QED) is 0.767. The van der Waals surface area contributed by atoms with Crippen molar-refractivity contribution < 1.29 is 9.47 Å². The van der Waals surface area contributed by atoms with Crippen LogP contribution in [-0.2, 0) is 11.3 Å². The van der Waals surface area contributed by atoms with Crippen molar-refractivity contribution in [3.8, 4) is 5.75 Å². The summed E-state index contributed by atoms with van der Waals surface area (Å²) in [5.41, 5.74) is 2.32. The minimum absolute atomic E-state index is 0.567. The summed E-state index contributed by atoms with van der Waals surface area (Å²) in [7, 11) is 1.67. The van der Waals surface area contributed by atoms with E-state index in [0.717, 1.165) is 21.8 Å². The standard InChI is InChI=1S/C14H16BrNO2S/c1-17-5-6-18-13-4-2-3-12(8-13)16-9-11-7-14(15)19-10-11/h2-4,7-8,10,16H,5-6,9H2,1H3. The molecule has 2 aromatic rings. The van der Waals surface area contributed by atoms with E-state index >= 15 is 0 Å². The molecular formula is C14H16BrNO2S. The van der Waals surface area contributed by atoms with Gasteiger partial charge in [-0.05, 0) is 45.1 Å². The van der Waals surface area contributed by atoms with Crippen LogP contribution in [-0.4, -0.2) is 20.3 Å². The second kappa shape index (κ2) is 7.53. The van der Waals surface area contributed by atoms with E-state index in [2.05, 4.69) is 32.7 Å². The zero-order valence-electron chi connectivity index (χ0n) is 10.7. The molecule has 0 unspecified atom stereocenters. The SMILES string of the molecule is COCCOc1cccc(NCc2csc(Br)c2)c1. The Hall–Kier alpha value is -1.04. The van der Waals surface area contributed by atoms with Crippen LogP contribution >= 0.6 is 27.3 Å². The van der Waals surface area contributed by atoms with E-state index in [1.807, 2.05) is 24.3 Å². The molecule has 1 aromatic heterocycles. The number of benzene rings is 1. The normalized spacial score (nSPS) is 10.4. The van der Waals surface area contributed by atoms with Gasteiger partial charge in [0.25, 0.3) is 0 Å². The minimum atomic E-state index is 0.567. The lowest BCUT2D eigenvalue weighted by atomic mass is 10.3. The van der Waals surface area contributed by atoms with Crippen molar-refractivity contribution in [3.05, 3.63) is 45.1 Å². The van der Waals surface area contributed by atoms with E-state index in [9.17, 15) is 0 Å². The summed E-state index contributed by atoms with van der Waals surface area (Å²) in [6.07, 6.45) is 0. The van der Waals surface area contributed by atoms with Gasteiger partial charge in [-0.25, -0.2) is 0 Å². The Balaban J connectivity index is 1.87. The molecule has 5 heteroatoms. The summed E-state index contributed by atoms with van der Waals surface area (Å²) in [6, 6.07) is 10.1. The average molecular weight is 342 g/mol. The van der Waals surface area contributed by atoms with Gasteiger partial charge in [0.15, 0.2) is 0 Å². The fraction of sp³-hybridized carbons (Fsp3) is 0.286. The first kappa shape index (κ1) is 14.4. The Morgan fingerprint density at radius 1 is 1.26 bits per heavy atom. The monoisotopic (exact) mass is 341 g/mol. The molecule has 0 radical (unpaired) electrons. The molecule has 0 aliphatic rings. The fourth-order valence-corrected chi connectivity index (χ4v) is 2.79. The van der Waals surface area contributed by atoms with Crippen LogP contribution in [0.15, 0.2) is 39.5 Å². The lowest BCUT2D eigenvalue weighted by molar-refractivity contribution is 0.146. The molecule has 0 amide bonds. The third-order valence-electron chi connectivity index (χ3n) is 2.51. The summed E-state index contributed by atoms with van der Waals surface area (Å²) in [4.78, 5) is 0. The number of halogens is 1. The smallest absolute Gasteiger partial charge is 0.121 e. The van der Waals surface area contributed by atoms with Crippen molar-refractivity contribution in [1.29, 1.82) is 0 Å². The number of ether oxygens (including phenoxy) is 2. The maximum atomic E-state index is 5.57. The zero-order valence-corrected chi connectivity index (χ0v) is 13.1. The fourth-order valence-electron chi connectivity index (χ4n) is 1.58. The molecule has 0 fully saturated rings. The Bertz CT molecular complexity index is 516. The highest BCUT2D eigenvalue weighted by atomic mass is 79.9. The molecule has 19 heavy (non-hydrogen) atoms. The van der Waals surface area contributed by atoms with Crippen molar-refractivity contribution in [2.75, 3.05) is 25.6 Å². The first-order valence-electron chi connectivity index (χ1n) is 5.96. The molecule has 1 N–H and O–H groups in total. The number of nitrogens with one attached hydrogen (secondary N) is 1. The van der Waals surface area contributed by atoms with Crippen molar-refractivity contribution in [2.24, 2.45) is 0 Å². The molecule has 1 aromatic carbocycles. The van der Waals surface area contributed by atoms with E-state index in [0.29, 0.717) is 13.2 Å². The van der Waals surface area contributed by atoms with E-state index in [1.165, 1.54) is 5.56 Å². The lowest BCUT2D eigenvalue weighted by Gasteiger charge is -2.09. The number of methoxy groups -OCH3 is 1. The van der Waals surface area contributed by atoms with Crippen molar-refractivity contribution in [3.63, 3.8) is 0 Å². The van der Waals surface area contributed by atoms with E-state index in [4.69, 9.17) is 9.47 Å². The summed E-state index contributed by atoms with van der Waals surface area (Å²) < 4.78 is 11.7. The number of anilines is 1. The third-order valence-corrected chi connectivity index (χ3v) is 4.06. The Morgan fingerprint density at radius 3 is 2.89 bits per heavy atom. The molecule has 102 valence electrons. The minimum Gasteiger partial charge on any atom is -0.491 e. The van der Waals surface area contributed by atoms with Crippen LogP contribution in [0.5, 0.6) is 5.75 Å². The second-order valence-electron chi connectivity index (χ2n) is 3.98. The first-order chi connectivity index (χ1) is 9.28. The Labute approximate surface area is 125 Å². The number of hydrogen-bond donors (Lipinski definition) is 1. The van der Waals surface area contributed by atoms with Gasteiger partial charge in [0.05, 0.1) is 10.4 Å². The molecule has 0 aliphatic heterocycles. The molecule has 0 bridgehead atoms. The molecule has 1 heterocycles. The largest absolute Gasteiger partial charge is 0.491 e. The Kier molecular flexibility index (Phi) is 5.69. The molecule has 0 saturated heterocycles. The number of thiophene rings is 1. The van der Waals surface area contributed by atoms with Gasteiger partial charge in [-0.15, -0.1) is 11.3 Å². The van der Waals surface area contributed by atoms with E-state index in [-0.39, 0.29) is 0 Å². The van der Waals surface area contributed by atoms with Crippen LogP contribution in [0.25, 0.3) is 0 Å².